The fraction of sp³-hybridized carbons (Fsp3) is 0.929. The topological polar surface area (TPSA) is 38.3 Å². The van der Waals surface area contributed by atoms with E-state index in [1.54, 1.807) is 0 Å². The Morgan fingerprint density at radius 1 is 1.29 bits per heavy atom. The number of esters is 1. The molecule has 17 heavy (non-hydrogen) atoms. The van der Waals surface area contributed by atoms with Gasteiger partial charge in [0.25, 0.3) is 0 Å². The van der Waals surface area contributed by atoms with E-state index in [9.17, 15) is 4.79 Å². The molecule has 3 heteroatoms. The maximum Gasteiger partial charge on any atom is 0.309 e. The molecule has 0 spiro atoms. The van der Waals surface area contributed by atoms with Gasteiger partial charge in [-0.05, 0) is 30.2 Å². The molecular formula is C14H27NO2. The van der Waals surface area contributed by atoms with Crippen LogP contribution < -0.4 is 5.32 Å². The summed E-state index contributed by atoms with van der Waals surface area (Å²) >= 11 is 0. The predicted molar refractivity (Wildman–Crippen MR) is 69.7 cm³/mol. The standard InChI is InChI=1S/C14H27NO2/c1-7-17-12(16)10(2)8-15-9-11-13(3,4)14(11,5)6/h10-11,15H,7-9H2,1-6H3. The highest BCUT2D eigenvalue weighted by Crippen LogP contribution is 2.67. The molecule has 0 aromatic heterocycles. The maximum atomic E-state index is 11.4. The molecule has 1 unspecified atom stereocenters. The van der Waals surface area contributed by atoms with Crippen molar-refractivity contribution in [3.05, 3.63) is 0 Å². The van der Waals surface area contributed by atoms with E-state index in [2.05, 4.69) is 33.0 Å². The van der Waals surface area contributed by atoms with Crippen LogP contribution in [0.3, 0.4) is 0 Å². The third-order valence-electron chi connectivity index (χ3n) is 4.81. The molecule has 0 aromatic rings. The van der Waals surface area contributed by atoms with E-state index in [0.717, 1.165) is 6.54 Å². The Bertz CT molecular complexity index is 270. The highest BCUT2D eigenvalue weighted by molar-refractivity contribution is 5.72. The van der Waals surface area contributed by atoms with Gasteiger partial charge in [0.1, 0.15) is 0 Å². The maximum absolute atomic E-state index is 11.4. The van der Waals surface area contributed by atoms with Gasteiger partial charge in [-0.15, -0.1) is 0 Å². The van der Waals surface area contributed by atoms with E-state index >= 15 is 0 Å². The number of hydrogen-bond acceptors (Lipinski definition) is 3. The third-order valence-corrected chi connectivity index (χ3v) is 4.81. The van der Waals surface area contributed by atoms with E-state index in [0.29, 0.717) is 29.9 Å². The Morgan fingerprint density at radius 3 is 2.24 bits per heavy atom. The molecule has 100 valence electrons. The molecule has 0 aromatic carbocycles. The second-order valence-corrected chi connectivity index (χ2v) is 6.31. The van der Waals surface area contributed by atoms with Crippen molar-refractivity contribution >= 4 is 5.97 Å². The lowest BCUT2D eigenvalue weighted by atomic mass is 10.0. The van der Waals surface area contributed by atoms with Crippen LogP contribution in [0.25, 0.3) is 0 Å². The van der Waals surface area contributed by atoms with Crippen molar-refractivity contribution in [1.29, 1.82) is 0 Å². The summed E-state index contributed by atoms with van der Waals surface area (Å²) in [6.07, 6.45) is 0. The van der Waals surface area contributed by atoms with Crippen LogP contribution in [0.1, 0.15) is 41.5 Å². The van der Waals surface area contributed by atoms with Crippen molar-refractivity contribution in [2.75, 3.05) is 19.7 Å². The van der Waals surface area contributed by atoms with Gasteiger partial charge >= 0.3 is 5.97 Å². The summed E-state index contributed by atoms with van der Waals surface area (Å²) in [6.45, 7) is 15.2. The summed E-state index contributed by atoms with van der Waals surface area (Å²) in [4.78, 5) is 11.4. The van der Waals surface area contributed by atoms with Crippen LogP contribution in [-0.4, -0.2) is 25.7 Å². The van der Waals surface area contributed by atoms with Crippen LogP contribution >= 0.6 is 0 Å². The molecule has 0 heterocycles. The number of carbonyl (C=O) groups is 1. The summed E-state index contributed by atoms with van der Waals surface area (Å²) in [6, 6.07) is 0. The van der Waals surface area contributed by atoms with Crippen LogP contribution in [0.5, 0.6) is 0 Å². The van der Waals surface area contributed by atoms with Crippen molar-refractivity contribution in [2.24, 2.45) is 22.7 Å². The Labute approximate surface area is 105 Å². The second kappa shape index (κ2) is 4.97. The first-order valence-corrected chi connectivity index (χ1v) is 6.62. The molecule has 1 atom stereocenters. The van der Waals surface area contributed by atoms with Crippen LogP contribution in [0.15, 0.2) is 0 Å². The van der Waals surface area contributed by atoms with E-state index < -0.39 is 0 Å². The summed E-state index contributed by atoms with van der Waals surface area (Å²) in [5, 5.41) is 3.40. The Balaban J connectivity index is 2.24. The minimum absolute atomic E-state index is 0.0556. The smallest absolute Gasteiger partial charge is 0.309 e. The van der Waals surface area contributed by atoms with Crippen molar-refractivity contribution in [3.8, 4) is 0 Å². The third kappa shape index (κ3) is 2.82. The van der Waals surface area contributed by atoms with Crippen LogP contribution in [-0.2, 0) is 9.53 Å². The lowest BCUT2D eigenvalue weighted by Gasteiger charge is -2.12. The van der Waals surface area contributed by atoms with Gasteiger partial charge in [0, 0.05) is 6.54 Å². The largest absolute Gasteiger partial charge is 0.466 e. The zero-order valence-electron chi connectivity index (χ0n) is 12.1. The fourth-order valence-electron chi connectivity index (χ4n) is 2.66. The van der Waals surface area contributed by atoms with Crippen molar-refractivity contribution in [2.45, 2.75) is 41.5 Å². The van der Waals surface area contributed by atoms with Gasteiger partial charge in [0.05, 0.1) is 12.5 Å². The molecule has 0 saturated heterocycles. The van der Waals surface area contributed by atoms with E-state index in [-0.39, 0.29) is 11.9 Å². The summed E-state index contributed by atoms with van der Waals surface area (Å²) < 4.78 is 4.98. The molecule has 0 amide bonds. The van der Waals surface area contributed by atoms with Gasteiger partial charge in [0.15, 0.2) is 0 Å². The molecular weight excluding hydrogens is 214 g/mol. The summed E-state index contributed by atoms with van der Waals surface area (Å²) in [5.41, 5.74) is 0.820. The van der Waals surface area contributed by atoms with Crippen molar-refractivity contribution in [3.63, 3.8) is 0 Å². The molecule has 1 aliphatic carbocycles. The number of hydrogen-bond donors (Lipinski definition) is 1. The molecule has 1 N–H and O–H groups in total. The number of rotatable bonds is 6. The Hall–Kier alpha value is -0.570. The highest BCUT2D eigenvalue weighted by atomic mass is 16.5. The molecule has 1 rings (SSSR count). The van der Waals surface area contributed by atoms with Gasteiger partial charge in [-0.2, -0.15) is 0 Å². The minimum atomic E-state index is -0.102. The number of ether oxygens (including phenoxy) is 1. The van der Waals surface area contributed by atoms with Gasteiger partial charge in [0.2, 0.25) is 0 Å². The average Bonchev–Trinajstić information content (AvgIpc) is 2.60. The highest BCUT2D eigenvalue weighted by Gasteiger charge is 2.63. The number of nitrogens with one attached hydrogen (secondary N) is 1. The van der Waals surface area contributed by atoms with Crippen LogP contribution in [0.4, 0.5) is 0 Å². The van der Waals surface area contributed by atoms with Crippen molar-refractivity contribution < 1.29 is 9.53 Å². The number of carbonyl (C=O) groups excluding carboxylic acids is 1. The van der Waals surface area contributed by atoms with E-state index in [1.807, 2.05) is 13.8 Å². The van der Waals surface area contributed by atoms with Gasteiger partial charge < -0.3 is 10.1 Å². The monoisotopic (exact) mass is 241 g/mol. The van der Waals surface area contributed by atoms with E-state index in [1.165, 1.54) is 0 Å². The second-order valence-electron chi connectivity index (χ2n) is 6.31. The normalized spacial score (nSPS) is 23.2. The zero-order chi connectivity index (χ0) is 13.3. The first kappa shape index (κ1) is 14.5. The molecule has 0 radical (unpaired) electrons. The summed E-state index contributed by atoms with van der Waals surface area (Å²) in [7, 11) is 0. The summed E-state index contributed by atoms with van der Waals surface area (Å²) in [5.74, 6) is 0.540. The molecule has 1 saturated carbocycles. The molecule has 0 aliphatic heterocycles. The van der Waals surface area contributed by atoms with Gasteiger partial charge in [-0.3, -0.25) is 4.79 Å². The van der Waals surface area contributed by atoms with Crippen LogP contribution in [0, 0.1) is 22.7 Å². The first-order valence-electron chi connectivity index (χ1n) is 6.62. The van der Waals surface area contributed by atoms with Gasteiger partial charge in [-0.1, -0.05) is 34.6 Å². The zero-order valence-corrected chi connectivity index (χ0v) is 12.1. The minimum Gasteiger partial charge on any atom is -0.466 e. The lowest BCUT2D eigenvalue weighted by molar-refractivity contribution is -0.147. The SMILES string of the molecule is CCOC(=O)C(C)CNCC1C(C)(C)C1(C)C. The lowest BCUT2D eigenvalue weighted by Crippen LogP contribution is -2.30. The molecule has 1 fully saturated rings. The molecule has 0 bridgehead atoms. The first-order chi connectivity index (χ1) is 7.75. The average molecular weight is 241 g/mol. The fourth-order valence-corrected chi connectivity index (χ4v) is 2.66. The molecule has 3 nitrogen and oxygen atoms in total. The quantitative estimate of drug-likeness (QED) is 0.726. The van der Waals surface area contributed by atoms with Crippen molar-refractivity contribution in [1.82, 2.24) is 5.32 Å². The van der Waals surface area contributed by atoms with E-state index in [4.69, 9.17) is 4.74 Å². The molecule has 1 aliphatic rings. The van der Waals surface area contributed by atoms with Crippen LogP contribution in [0.2, 0.25) is 0 Å². The Morgan fingerprint density at radius 2 is 1.82 bits per heavy atom. The Kier molecular flexibility index (Phi) is 4.23. The van der Waals surface area contributed by atoms with Gasteiger partial charge in [-0.25, -0.2) is 0 Å². The predicted octanol–water partition coefficient (Wildman–Crippen LogP) is 2.46.